The standard InChI is InChI=1S/C10H16N2O2/c1-4-7(3)12-9(13)6-8(5-2)11-10(12)14/h6-7H,4-5H2,1-3H3,(H,11,14). The third-order valence-corrected chi connectivity index (χ3v) is 2.43. The molecular formula is C10H16N2O2. The van der Waals surface area contributed by atoms with Gasteiger partial charge in [0.05, 0.1) is 0 Å². The molecule has 0 saturated carbocycles. The number of H-pyrrole nitrogens is 1. The van der Waals surface area contributed by atoms with E-state index >= 15 is 0 Å². The van der Waals surface area contributed by atoms with Crippen LogP contribution < -0.4 is 11.2 Å². The Labute approximate surface area is 82.6 Å². The summed E-state index contributed by atoms with van der Waals surface area (Å²) in [6.45, 7) is 5.71. The summed E-state index contributed by atoms with van der Waals surface area (Å²) in [5.41, 5.74) is 0.184. The van der Waals surface area contributed by atoms with Crippen LogP contribution in [0.4, 0.5) is 0 Å². The monoisotopic (exact) mass is 196 g/mol. The van der Waals surface area contributed by atoms with E-state index in [2.05, 4.69) is 4.98 Å². The molecule has 0 bridgehead atoms. The summed E-state index contributed by atoms with van der Waals surface area (Å²) in [5, 5.41) is 0. The second-order valence-corrected chi connectivity index (χ2v) is 3.42. The van der Waals surface area contributed by atoms with Crippen molar-refractivity contribution in [1.29, 1.82) is 0 Å². The highest BCUT2D eigenvalue weighted by Crippen LogP contribution is 2.02. The Morgan fingerprint density at radius 2 is 2.07 bits per heavy atom. The van der Waals surface area contributed by atoms with E-state index in [1.165, 1.54) is 10.6 Å². The number of aromatic amines is 1. The van der Waals surface area contributed by atoms with Gasteiger partial charge in [0, 0.05) is 17.8 Å². The van der Waals surface area contributed by atoms with Crippen molar-refractivity contribution in [3.8, 4) is 0 Å². The topological polar surface area (TPSA) is 54.9 Å². The maximum absolute atomic E-state index is 11.6. The third-order valence-electron chi connectivity index (χ3n) is 2.43. The summed E-state index contributed by atoms with van der Waals surface area (Å²) in [5.74, 6) is 0. The Bertz CT molecular complexity index is 386. The Morgan fingerprint density at radius 1 is 1.43 bits per heavy atom. The Morgan fingerprint density at radius 3 is 2.50 bits per heavy atom. The lowest BCUT2D eigenvalue weighted by Gasteiger charge is -2.11. The summed E-state index contributed by atoms with van der Waals surface area (Å²) in [7, 11) is 0. The van der Waals surface area contributed by atoms with Crippen LogP contribution in [0.5, 0.6) is 0 Å². The molecule has 0 aliphatic heterocycles. The normalized spacial score (nSPS) is 12.8. The summed E-state index contributed by atoms with van der Waals surface area (Å²) in [6.07, 6.45) is 1.44. The van der Waals surface area contributed by atoms with Crippen molar-refractivity contribution in [3.05, 3.63) is 32.6 Å². The fraction of sp³-hybridized carbons (Fsp3) is 0.600. The van der Waals surface area contributed by atoms with E-state index < -0.39 is 0 Å². The molecule has 1 aromatic heterocycles. The van der Waals surface area contributed by atoms with E-state index in [1.54, 1.807) is 0 Å². The van der Waals surface area contributed by atoms with Crippen LogP contribution in [0, 0.1) is 0 Å². The average Bonchev–Trinajstić information content (AvgIpc) is 2.16. The van der Waals surface area contributed by atoms with Gasteiger partial charge in [-0.05, 0) is 19.8 Å². The summed E-state index contributed by atoms with van der Waals surface area (Å²) in [4.78, 5) is 25.8. The van der Waals surface area contributed by atoms with E-state index in [-0.39, 0.29) is 17.3 Å². The van der Waals surface area contributed by atoms with E-state index in [0.717, 1.165) is 6.42 Å². The highest BCUT2D eigenvalue weighted by molar-refractivity contribution is 4.99. The number of aryl methyl sites for hydroxylation is 1. The molecule has 1 aromatic rings. The van der Waals surface area contributed by atoms with Gasteiger partial charge in [-0.2, -0.15) is 0 Å². The van der Waals surface area contributed by atoms with Crippen LogP contribution in [-0.2, 0) is 6.42 Å². The predicted octanol–water partition coefficient (Wildman–Crippen LogP) is 1.07. The number of nitrogens with one attached hydrogen (secondary N) is 1. The number of rotatable bonds is 3. The van der Waals surface area contributed by atoms with Crippen LogP contribution in [-0.4, -0.2) is 9.55 Å². The first-order valence-corrected chi connectivity index (χ1v) is 4.94. The Balaban J connectivity index is 3.33. The number of nitrogens with zero attached hydrogens (tertiary/aromatic N) is 1. The molecule has 0 aromatic carbocycles. The van der Waals surface area contributed by atoms with Crippen molar-refractivity contribution >= 4 is 0 Å². The molecule has 0 spiro atoms. The number of hydrogen-bond donors (Lipinski definition) is 1. The van der Waals surface area contributed by atoms with E-state index in [0.29, 0.717) is 12.1 Å². The van der Waals surface area contributed by atoms with Gasteiger partial charge in [-0.1, -0.05) is 13.8 Å². The van der Waals surface area contributed by atoms with E-state index in [1.807, 2.05) is 20.8 Å². The maximum Gasteiger partial charge on any atom is 0.328 e. The van der Waals surface area contributed by atoms with Gasteiger partial charge < -0.3 is 4.98 Å². The number of aromatic nitrogens is 2. The molecule has 1 atom stereocenters. The van der Waals surface area contributed by atoms with Gasteiger partial charge >= 0.3 is 5.69 Å². The quantitative estimate of drug-likeness (QED) is 0.786. The van der Waals surface area contributed by atoms with Gasteiger partial charge in [0.2, 0.25) is 0 Å². The minimum Gasteiger partial charge on any atom is -0.311 e. The summed E-state index contributed by atoms with van der Waals surface area (Å²) in [6, 6.07) is 1.45. The van der Waals surface area contributed by atoms with E-state index in [4.69, 9.17) is 0 Å². The van der Waals surface area contributed by atoms with Crippen LogP contribution in [0.1, 0.15) is 38.9 Å². The van der Waals surface area contributed by atoms with Crippen LogP contribution in [0.2, 0.25) is 0 Å². The molecule has 14 heavy (non-hydrogen) atoms. The van der Waals surface area contributed by atoms with Crippen molar-refractivity contribution in [3.63, 3.8) is 0 Å². The molecule has 1 rings (SSSR count). The van der Waals surface area contributed by atoms with Crippen molar-refractivity contribution in [1.82, 2.24) is 9.55 Å². The fourth-order valence-electron chi connectivity index (χ4n) is 1.34. The zero-order valence-electron chi connectivity index (χ0n) is 8.83. The molecule has 1 unspecified atom stereocenters. The lowest BCUT2D eigenvalue weighted by molar-refractivity contribution is 0.487. The molecule has 0 aliphatic rings. The molecule has 0 aliphatic carbocycles. The van der Waals surface area contributed by atoms with Gasteiger partial charge in [0.1, 0.15) is 0 Å². The van der Waals surface area contributed by atoms with Crippen molar-refractivity contribution < 1.29 is 0 Å². The Kier molecular flexibility index (Phi) is 3.28. The molecule has 4 heteroatoms. The van der Waals surface area contributed by atoms with Crippen molar-refractivity contribution in [2.24, 2.45) is 0 Å². The third kappa shape index (κ3) is 1.95. The van der Waals surface area contributed by atoms with Gasteiger partial charge in [-0.3, -0.25) is 9.36 Å². The summed E-state index contributed by atoms with van der Waals surface area (Å²) < 4.78 is 1.26. The molecule has 78 valence electrons. The molecular weight excluding hydrogens is 180 g/mol. The lowest BCUT2D eigenvalue weighted by atomic mass is 10.2. The molecule has 0 fully saturated rings. The fourth-order valence-corrected chi connectivity index (χ4v) is 1.34. The van der Waals surface area contributed by atoms with Crippen LogP contribution >= 0.6 is 0 Å². The lowest BCUT2D eigenvalue weighted by Crippen LogP contribution is -2.37. The first-order valence-electron chi connectivity index (χ1n) is 4.94. The molecule has 1 N–H and O–H groups in total. The minimum atomic E-state index is -0.302. The first-order chi connectivity index (χ1) is 6.60. The zero-order chi connectivity index (χ0) is 10.7. The molecule has 0 amide bonds. The van der Waals surface area contributed by atoms with Crippen molar-refractivity contribution in [2.45, 2.75) is 39.7 Å². The van der Waals surface area contributed by atoms with Crippen molar-refractivity contribution in [2.75, 3.05) is 0 Å². The molecule has 4 nitrogen and oxygen atoms in total. The second kappa shape index (κ2) is 4.26. The zero-order valence-corrected chi connectivity index (χ0v) is 8.83. The first kappa shape index (κ1) is 10.8. The van der Waals surface area contributed by atoms with Gasteiger partial charge in [-0.25, -0.2) is 4.79 Å². The second-order valence-electron chi connectivity index (χ2n) is 3.42. The summed E-state index contributed by atoms with van der Waals surface area (Å²) >= 11 is 0. The largest absolute Gasteiger partial charge is 0.328 e. The average molecular weight is 196 g/mol. The molecule has 0 radical (unpaired) electrons. The smallest absolute Gasteiger partial charge is 0.311 e. The van der Waals surface area contributed by atoms with Crippen LogP contribution in [0.15, 0.2) is 15.7 Å². The van der Waals surface area contributed by atoms with Gasteiger partial charge in [0.15, 0.2) is 0 Å². The highest BCUT2D eigenvalue weighted by Gasteiger charge is 2.08. The minimum absolute atomic E-state index is 0.0443. The molecule has 0 saturated heterocycles. The molecule has 1 heterocycles. The van der Waals surface area contributed by atoms with E-state index in [9.17, 15) is 9.59 Å². The predicted molar refractivity (Wildman–Crippen MR) is 55.7 cm³/mol. The van der Waals surface area contributed by atoms with Gasteiger partial charge in [0.25, 0.3) is 5.56 Å². The maximum atomic E-state index is 11.6. The van der Waals surface area contributed by atoms with Crippen LogP contribution in [0.3, 0.4) is 0 Å². The van der Waals surface area contributed by atoms with Gasteiger partial charge in [-0.15, -0.1) is 0 Å². The van der Waals surface area contributed by atoms with Crippen LogP contribution in [0.25, 0.3) is 0 Å². The Hall–Kier alpha value is -1.32. The SMILES string of the molecule is CCc1cc(=O)n(C(C)CC)c(=O)[nH]1. The highest BCUT2D eigenvalue weighted by atomic mass is 16.2. The number of hydrogen-bond acceptors (Lipinski definition) is 2.